The Morgan fingerprint density at radius 1 is 1.10 bits per heavy atom. The molecule has 2 atom stereocenters. The van der Waals surface area contributed by atoms with E-state index in [1.165, 1.54) is 4.90 Å². The summed E-state index contributed by atoms with van der Waals surface area (Å²) in [6, 6.07) is 13.5. The lowest BCUT2D eigenvalue weighted by molar-refractivity contribution is -0.142. The van der Waals surface area contributed by atoms with Crippen LogP contribution in [0.3, 0.4) is 0 Å². The topological polar surface area (TPSA) is 58.6 Å². The number of para-hydroxylation sites is 1. The second kappa shape index (κ2) is 11.1. The van der Waals surface area contributed by atoms with Crippen LogP contribution in [0.25, 0.3) is 0 Å². The van der Waals surface area contributed by atoms with Crippen molar-refractivity contribution in [2.24, 2.45) is 0 Å². The first-order chi connectivity index (χ1) is 13.8. The Kier molecular flexibility index (Phi) is 8.80. The van der Waals surface area contributed by atoms with Crippen LogP contribution in [0.5, 0.6) is 5.75 Å². The average Bonchev–Trinajstić information content (AvgIpc) is 2.70. The molecule has 0 aliphatic rings. The van der Waals surface area contributed by atoms with Crippen LogP contribution in [0.2, 0.25) is 10.0 Å². The van der Waals surface area contributed by atoms with E-state index in [-0.39, 0.29) is 31.0 Å². The van der Waals surface area contributed by atoms with Crippen molar-refractivity contribution >= 4 is 35.0 Å². The van der Waals surface area contributed by atoms with Gasteiger partial charge in [0.25, 0.3) is 5.91 Å². The van der Waals surface area contributed by atoms with E-state index < -0.39 is 6.04 Å². The van der Waals surface area contributed by atoms with Crippen molar-refractivity contribution in [2.45, 2.75) is 45.8 Å². The molecular formula is C22H26Cl2N2O3. The molecule has 29 heavy (non-hydrogen) atoms. The lowest BCUT2D eigenvalue weighted by Crippen LogP contribution is -2.50. The van der Waals surface area contributed by atoms with Gasteiger partial charge < -0.3 is 15.0 Å². The molecule has 2 rings (SSSR count). The smallest absolute Gasteiger partial charge is 0.261 e. The zero-order valence-corrected chi connectivity index (χ0v) is 18.3. The fourth-order valence-corrected chi connectivity index (χ4v) is 3.07. The molecule has 0 spiro atoms. The third kappa shape index (κ3) is 6.94. The van der Waals surface area contributed by atoms with Crippen LogP contribution < -0.4 is 10.1 Å². The molecule has 0 heterocycles. The third-order valence-corrected chi connectivity index (χ3v) is 5.15. The second-order valence-corrected chi connectivity index (χ2v) is 7.71. The molecule has 156 valence electrons. The Morgan fingerprint density at radius 2 is 1.83 bits per heavy atom. The van der Waals surface area contributed by atoms with Gasteiger partial charge in [-0.3, -0.25) is 9.59 Å². The van der Waals surface area contributed by atoms with Gasteiger partial charge in [0.1, 0.15) is 11.8 Å². The van der Waals surface area contributed by atoms with Gasteiger partial charge in [-0.05, 0) is 50.1 Å². The number of carbonyl (C=O) groups is 2. The molecule has 0 saturated carbocycles. The maximum atomic E-state index is 13.0. The highest BCUT2D eigenvalue weighted by Crippen LogP contribution is 2.23. The molecule has 2 aromatic rings. The predicted molar refractivity (Wildman–Crippen MR) is 116 cm³/mol. The first-order valence-electron chi connectivity index (χ1n) is 9.53. The van der Waals surface area contributed by atoms with E-state index in [9.17, 15) is 9.59 Å². The van der Waals surface area contributed by atoms with E-state index in [4.69, 9.17) is 27.9 Å². The van der Waals surface area contributed by atoms with Gasteiger partial charge in [-0.15, -0.1) is 0 Å². The van der Waals surface area contributed by atoms with Crippen LogP contribution in [0, 0.1) is 0 Å². The molecule has 5 nitrogen and oxygen atoms in total. The minimum absolute atomic E-state index is 0.0208. The summed E-state index contributed by atoms with van der Waals surface area (Å²) in [5.41, 5.74) is 0.826. The van der Waals surface area contributed by atoms with Crippen LogP contribution in [0.4, 0.5) is 0 Å². The van der Waals surface area contributed by atoms with Gasteiger partial charge in [0.05, 0.1) is 5.02 Å². The molecule has 7 heteroatoms. The Bertz CT molecular complexity index is 844. The summed E-state index contributed by atoms with van der Waals surface area (Å²) in [6.07, 6.45) is 0.802. The van der Waals surface area contributed by atoms with Gasteiger partial charge >= 0.3 is 0 Å². The van der Waals surface area contributed by atoms with Crippen molar-refractivity contribution in [1.29, 1.82) is 0 Å². The summed E-state index contributed by atoms with van der Waals surface area (Å²) in [5.74, 6) is -0.119. The highest BCUT2D eigenvalue weighted by atomic mass is 35.5. The van der Waals surface area contributed by atoms with E-state index in [0.717, 1.165) is 12.0 Å². The van der Waals surface area contributed by atoms with E-state index in [0.29, 0.717) is 15.8 Å². The number of benzene rings is 2. The Morgan fingerprint density at radius 3 is 2.48 bits per heavy atom. The summed E-state index contributed by atoms with van der Waals surface area (Å²) in [7, 11) is 0. The van der Waals surface area contributed by atoms with Crippen LogP contribution in [0.15, 0.2) is 48.5 Å². The third-order valence-electron chi connectivity index (χ3n) is 4.60. The number of hydrogen-bond donors (Lipinski definition) is 1. The van der Waals surface area contributed by atoms with Crippen molar-refractivity contribution in [3.05, 3.63) is 64.1 Å². The van der Waals surface area contributed by atoms with Crippen molar-refractivity contribution in [1.82, 2.24) is 10.2 Å². The van der Waals surface area contributed by atoms with Crippen LogP contribution in [0.1, 0.15) is 32.8 Å². The molecule has 0 bridgehead atoms. The Hall–Kier alpha value is -2.24. The van der Waals surface area contributed by atoms with Gasteiger partial charge in [0.15, 0.2) is 6.61 Å². The number of halogens is 2. The van der Waals surface area contributed by atoms with Gasteiger partial charge in [0.2, 0.25) is 5.91 Å². The Balaban J connectivity index is 2.17. The zero-order valence-electron chi connectivity index (χ0n) is 16.8. The fraction of sp³-hybridized carbons (Fsp3) is 0.364. The molecule has 0 aliphatic heterocycles. The largest absolute Gasteiger partial charge is 0.482 e. The second-order valence-electron chi connectivity index (χ2n) is 6.86. The zero-order chi connectivity index (χ0) is 21.4. The molecule has 2 aromatic carbocycles. The standard InChI is InChI=1S/C22H26Cl2N2O3/c1-4-15(2)25-22(28)16(3)26(13-17-8-7-9-18(23)12-17)21(27)14-29-20-11-6-5-10-19(20)24/h5-12,15-16H,4,13-14H2,1-3H3,(H,25,28). The number of nitrogens with one attached hydrogen (secondary N) is 1. The maximum Gasteiger partial charge on any atom is 0.261 e. The number of amides is 2. The summed E-state index contributed by atoms with van der Waals surface area (Å²) in [5, 5.41) is 3.91. The molecule has 0 saturated heterocycles. The molecule has 1 N–H and O–H groups in total. The summed E-state index contributed by atoms with van der Waals surface area (Å²) < 4.78 is 5.59. The highest BCUT2D eigenvalue weighted by molar-refractivity contribution is 6.32. The van der Waals surface area contributed by atoms with E-state index in [1.807, 2.05) is 26.0 Å². The summed E-state index contributed by atoms with van der Waals surface area (Å²) >= 11 is 12.2. The minimum Gasteiger partial charge on any atom is -0.482 e. The highest BCUT2D eigenvalue weighted by Gasteiger charge is 2.27. The monoisotopic (exact) mass is 436 g/mol. The fourth-order valence-electron chi connectivity index (χ4n) is 2.66. The maximum absolute atomic E-state index is 13.0. The molecule has 2 amide bonds. The number of hydrogen-bond acceptors (Lipinski definition) is 3. The van der Waals surface area contributed by atoms with Gasteiger partial charge in [-0.2, -0.15) is 0 Å². The predicted octanol–water partition coefficient (Wildman–Crippen LogP) is 4.70. The van der Waals surface area contributed by atoms with Gasteiger partial charge in [0, 0.05) is 17.6 Å². The molecule has 2 unspecified atom stereocenters. The van der Waals surface area contributed by atoms with Crippen molar-refractivity contribution in [3.63, 3.8) is 0 Å². The molecule has 0 aliphatic carbocycles. The summed E-state index contributed by atoms with van der Waals surface area (Å²) in [6.45, 7) is 5.62. The van der Waals surface area contributed by atoms with E-state index in [2.05, 4.69) is 5.32 Å². The lowest BCUT2D eigenvalue weighted by atomic mass is 10.1. The number of carbonyl (C=O) groups excluding carboxylic acids is 2. The van der Waals surface area contributed by atoms with E-state index in [1.54, 1.807) is 43.3 Å². The van der Waals surface area contributed by atoms with Crippen molar-refractivity contribution < 1.29 is 14.3 Å². The van der Waals surface area contributed by atoms with Crippen LogP contribution in [-0.2, 0) is 16.1 Å². The lowest BCUT2D eigenvalue weighted by Gasteiger charge is -2.29. The average molecular weight is 437 g/mol. The SMILES string of the molecule is CCC(C)NC(=O)C(C)N(Cc1cccc(Cl)c1)C(=O)COc1ccccc1Cl. The van der Waals surface area contributed by atoms with Crippen LogP contribution >= 0.6 is 23.2 Å². The molecule has 0 radical (unpaired) electrons. The summed E-state index contributed by atoms with van der Waals surface area (Å²) in [4.78, 5) is 27.1. The number of ether oxygens (including phenoxy) is 1. The van der Waals surface area contributed by atoms with Gasteiger partial charge in [-0.1, -0.05) is 54.4 Å². The first-order valence-corrected chi connectivity index (χ1v) is 10.3. The number of nitrogens with zero attached hydrogens (tertiary/aromatic N) is 1. The number of rotatable bonds is 9. The first kappa shape index (κ1) is 23.0. The Labute approximate surface area is 181 Å². The molecular weight excluding hydrogens is 411 g/mol. The molecule has 0 aromatic heterocycles. The normalized spacial score (nSPS) is 12.7. The minimum atomic E-state index is -0.676. The quantitative estimate of drug-likeness (QED) is 0.619. The van der Waals surface area contributed by atoms with Crippen molar-refractivity contribution in [3.8, 4) is 5.75 Å². The van der Waals surface area contributed by atoms with Gasteiger partial charge in [-0.25, -0.2) is 0 Å². The van der Waals surface area contributed by atoms with E-state index >= 15 is 0 Å². The van der Waals surface area contributed by atoms with Crippen molar-refractivity contribution in [2.75, 3.05) is 6.61 Å². The van der Waals surface area contributed by atoms with Crippen LogP contribution in [-0.4, -0.2) is 35.4 Å². The molecule has 0 fully saturated rings.